The molecule has 1 unspecified atom stereocenters. The molecule has 0 bridgehead atoms. The Balaban J connectivity index is 2.26. The molecule has 1 heterocycles. The van der Waals surface area contributed by atoms with Crippen molar-refractivity contribution in [3.8, 4) is 0 Å². The molecule has 3 N–H and O–H groups in total. The fourth-order valence-electron chi connectivity index (χ4n) is 1.87. The molecule has 1 aromatic carbocycles. The summed E-state index contributed by atoms with van der Waals surface area (Å²) < 4.78 is 30.6. The van der Waals surface area contributed by atoms with Gasteiger partial charge in [-0.2, -0.15) is 0 Å². The number of aromatic nitrogens is 2. The topological polar surface area (TPSA) is 63.8 Å². The Hall–Kier alpha value is -1.44. The maximum Gasteiger partial charge on any atom is 0.126 e. The average molecular weight is 284 g/mol. The largest absolute Gasteiger partial charge is 0.271 e. The second-order valence-corrected chi connectivity index (χ2v) is 4.88. The fraction of sp³-hybridized carbons (Fsp3) is 0.333. The maximum absolute atomic E-state index is 13.6. The van der Waals surface area contributed by atoms with Crippen molar-refractivity contribution < 1.29 is 8.78 Å². The molecule has 2 aromatic rings. The number of aryl methyl sites for hydroxylation is 1. The normalized spacial score (nSPS) is 12.6. The van der Waals surface area contributed by atoms with Gasteiger partial charge >= 0.3 is 0 Å². The van der Waals surface area contributed by atoms with Crippen molar-refractivity contribution in [3.63, 3.8) is 0 Å². The van der Waals surface area contributed by atoms with Crippen molar-refractivity contribution in [3.05, 3.63) is 46.0 Å². The number of nitrogens with one attached hydrogen (secondary N) is 1. The van der Waals surface area contributed by atoms with Crippen molar-refractivity contribution in [1.82, 2.24) is 15.0 Å². The summed E-state index contributed by atoms with van der Waals surface area (Å²) in [6.45, 7) is 1.95. The lowest BCUT2D eigenvalue weighted by Gasteiger charge is -2.15. The molecule has 1 atom stereocenters. The Bertz CT molecular complexity index is 558. The Labute approximate surface area is 113 Å². The number of rotatable bonds is 5. The number of nitrogens with two attached hydrogens (primary N) is 1. The molecule has 7 heteroatoms. The minimum Gasteiger partial charge on any atom is -0.271 e. The molecule has 1 aromatic heterocycles. The van der Waals surface area contributed by atoms with Gasteiger partial charge in [-0.3, -0.25) is 11.3 Å². The number of hydrazine groups is 1. The highest BCUT2D eigenvalue weighted by Crippen LogP contribution is 2.25. The maximum atomic E-state index is 13.6. The van der Waals surface area contributed by atoms with Gasteiger partial charge in [0.05, 0.1) is 16.6 Å². The van der Waals surface area contributed by atoms with Gasteiger partial charge in [-0.15, -0.1) is 5.10 Å². The zero-order chi connectivity index (χ0) is 13.8. The van der Waals surface area contributed by atoms with Gasteiger partial charge in [-0.05, 0) is 48.1 Å². The smallest absolute Gasteiger partial charge is 0.126 e. The van der Waals surface area contributed by atoms with E-state index in [1.54, 1.807) is 0 Å². The molecule has 4 nitrogen and oxygen atoms in total. The van der Waals surface area contributed by atoms with Crippen LogP contribution in [-0.2, 0) is 12.8 Å². The van der Waals surface area contributed by atoms with Crippen molar-refractivity contribution >= 4 is 11.5 Å². The lowest BCUT2D eigenvalue weighted by atomic mass is 10.0. The van der Waals surface area contributed by atoms with E-state index >= 15 is 0 Å². The zero-order valence-corrected chi connectivity index (χ0v) is 11.2. The second-order valence-electron chi connectivity index (χ2n) is 4.10. The molecule has 19 heavy (non-hydrogen) atoms. The van der Waals surface area contributed by atoms with Gasteiger partial charge in [0, 0.05) is 0 Å². The molecule has 2 rings (SSSR count). The predicted molar refractivity (Wildman–Crippen MR) is 69.4 cm³/mol. The lowest BCUT2D eigenvalue weighted by Crippen LogP contribution is -2.30. The molecular weight excluding hydrogens is 270 g/mol. The third-order valence-electron chi connectivity index (χ3n) is 2.87. The van der Waals surface area contributed by atoms with Gasteiger partial charge in [-0.1, -0.05) is 11.4 Å². The van der Waals surface area contributed by atoms with Crippen LogP contribution in [0.5, 0.6) is 0 Å². The van der Waals surface area contributed by atoms with Gasteiger partial charge in [-0.25, -0.2) is 8.78 Å². The van der Waals surface area contributed by atoms with E-state index in [-0.39, 0.29) is 18.0 Å². The van der Waals surface area contributed by atoms with Gasteiger partial charge in [0.25, 0.3) is 0 Å². The van der Waals surface area contributed by atoms with Crippen LogP contribution < -0.4 is 11.3 Å². The third-order valence-corrected chi connectivity index (χ3v) is 3.75. The summed E-state index contributed by atoms with van der Waals surface area (Å²) in [5.74, 6) is 4.59. The highest BCUT2D eigenvalue weighted by molar-refractivity contribution is 7.05. The van der Waals surface area contributed by atoms with Gasteiger partial charge in [0.2, 0.25) is 0 Å². The number of halogens is 2. The minimum absolute atomic E-state index is 0.247. The molecule has 102 valence electrons. The Morgan fingerprint density at radius 1 is 1.42 bits per heavy atom. The van der Waals surface area contributed by atoms with E-state index < -0.39 is 11.6 Å². The molecule has 0 spiro atoms. The van der Waals surface area contributed by atoms with E-state index in [2.05, 4.69) is 15.0 Å². The lowest BCUT2D eigenvalue weighted by molar-refractivity contribution is 0.525. The fourth-order valence-corrected chi connectivity index (χ4v) is 2.67. The van der Waals surface area contributed by atoms with E-state index in [1.807, 2.05) is 6.92 Å². The van der Waals surface area contributed by atoms with E-state index in [9.17, 15) is 8.78 Å². The van der Waals surface area contributed by atoms with Crippen LogP contribution >= 0.6 is 11.5 Å². The summed E-state index contributed by atoms with van der Waals surface area (Å²) in [7, 11) is 0. The first-order valence-electron chi connectivity index (χ1n) is 5.86. The summed E-state index contributed by atoms with van der Waals surface area (Å²) in [5, 5.41) is 3.99. The number of benzene rings is 1. The van der Waals surface area contributed by atoms with Gasteiger partial charge in [0.1, 0.15) is 11.6 Å². The van der Waals surface area contributed by atoms with E-state index in [0.29, 0.717) is 0 Å². The SMILES string of the molecule is CCc1nnsc1C(Cc1cc(F)ccc1F)NN. The Morgan fingerprint density at radius 3 is 2.89 bits per heavy atom. The number of hydrogen-bond donors (Lipinski definition) is 2. The van der Waals surface area contributed by atoms with Crippen LogP contribution in [0, 0.1) is 11.6 Å². The third kappa shape index (κ3) is 3.12. The minimum atomic E-state index is -0.467. The van der Waals surface area contributed by atoms with Crippen molar-refractivity contribution in [2.45, 2.75) is 25.8 Å². The van der Waals surface area contributed by atoms with Crippen molar-refractivity contribution in [2.24, 2.45) is 5.84 Å². The number of nitrogens with zero attached hydrogens (tertiary/aromatic N) is 2. The summed E-state index contributed by atoms with van der Waals surface area (Å²) in [6, 6.07) is 3.06. The summed E-state index contributed by atoms with van der Waals surface area (Å²) in [5.41, 5.74) is 3.72. The van der Waals surface area contributed by atoms with Crippen LogP contribution in [0.3, 0.4) is 0 Å². The number of hydrogen-bond acceptors (Lipinski definition) is 5. The monoisotopic (exact) mass is 284 g/mol. The van der Waals surface area contributed by atoms with Crippen molar-refractivity contribution in [1.29, 1.82) is 0 Å². The van der Waals surface area contributed by atoms with Crippen LogP contribution in [0.4, 0.5) is 8.78 Å². The molecule has 0 fully saturated rings. The Morgan fingerprint density at radius 2 is 2.21 bits per heavy atom. The molecule has 0 saturated carbocycles. The van der Waals surface area contributed by atoms with Crippen LogP contribution in [0.25, 0.3) is 0 Å². The molecule has 0 saturated heterocycles. The average Bonchev–Trinajstić information content (AvgIpc) is 2.88. The van der Waals surface area contributed by atoms with E-state index in [1.165, 1.54) is 17.6 Å². The van der Waals surface area contributed by atoms with Gasteiger partial charge < -0.3 is 0 Å². The predicted octanol–water partition coefficient (Wildman–Crippen LogP) is 2.13. The highest BCUT2D eigenvalue weighted by atomic mass is 32.1. The molecule has 0 radical (unpaired) electrons. The zero-order valence-electron chi connectivity index (χ0n) is 10.4. The van der Waals surface area contributed by atoms with E-state index in [0.717, 1.165) is 29.1 Å². The first-order chi connectivity index (χ1) is 9.15. The van der Waals surface area contributed by atoms with E-state index in [4.69, 9.17) is 5.84 Å². The molecule has 0 amide bonds. The standard InChI is InChI=1S/C12H14F2N4S/c1-2-10-12(19-18-17-10)11(16-15)6-7-5-8(13)3-4-9(7)14/h3-5,11,16H,2,6,15H2,1H3. The summed E-state index contributed by atoms with van der Waals surface area (Å²) in [4.78, 5) is 0.855. The summed E-state index contributed by atoms with van der Waals surface area (Å²) >= 11 is 1.22. The van der Waals surface area contributed by atoms with Crippen LogP contribution in [-0.4, -0.2) is 9.59 Å². The molecule has 0 aliphatic carbocycles. The van der Waals surface area contributed by atoms with Crippen LogP contribution in [0.15, 0.2) is 18.2 Å². The molecule has 0 aliphatic heterocycles. The Kier molecular flexibility index (Phi) is 4.52. The molecular formula is C12H14F2N4S. The second kappa shape index (κ2) is 6.14. The van der Waals surface area contributed by atoms with Crippen LogP contribution in [0.1, 0.15) is 29.1 Å². The van der Waals surface area contributed by atoms with Crippen molar-refractivity contribution in [2.75, 3.05) is 0 Å². The first kappa shape index (κ1) is 14.0. The van der Waals surface area contributed by atoms with Crippen LogP contribution in [0.2, 0.25) is 0 Å². The first-order valence-corrected chi connectivity index (χ1v) is 6.64. The van der Waals surface area contributed by atoms with Gasteiger partial charge in [0.15, 0.2) is 0 Å². The summed E-state index contributed by atoms with van der Waals surface area (Å²) in [6.07, 6.45) is 0.965. The molecule has 0 aliphatic rings. The quantitative estimate of drug-likeness (QED) is 0.652. The highest BCUT2D eigenvalue weighted by Gasteiger charge is 2.19.